The number of nitrogens with one attached hydrogen (secondary N) is 1. The number of rotatable bonds is 4. The van der Waals surface area contributed by atoms with Crippen LogP contribution < -0.4 is 5.32 Å². The molecular weight excluding hydrogens is 238 g/mol. The van der Waals surface area contributed by atoms with Crippen LogP contribution in [-0.2, 0) is 0 Å². The summed E-state index contributed by atoms with van der Waals surface area (Å²) in [5.41, 5.74) is 1.85. The SMILES string of the molecule is CC1(CNC(=O)c2ccc(C#CCCO)cc2)CC1. The summed E-state index contributed by atoms with van der Waals surface area (Å²) in [5.74, 6) is 5.76. The van der Waals surface area contributed by atoms with E-state index in [1.54, 1.807) is 12.1 Å². The van der Waals surface area contributed by atoms with E-state index < -0.39 is 0 Å². The van der Waals surface area contributed by atoms with E-state index in [2.05, 4.69) is 24.1 Å². The molecule has 0 aromatic heterocycles. The van der Waals surface area contributed by atoms with Gasteiger partial charge in [-0.15, -0.1) is 0 Å². The van der Waals surface area contributed by atoms with Crippen molar-refractivity contribution >= 4 is 5.91 Å². The molecule has 0 atom stereocenters. The molecule has 1 aromatic rings. The highest BCUT2D eigenvalue weighted by molar-refractivity contribution is 5.94. The molecule has 0 unspecified atom stereocenters. The van der Waals surface area contributed by atoms with E-state index in [4.69, 9.17) is 5.11 Å². The predicted octanol–water partition coefficient (Wildman–Crippen LogP) is 1.95. The number of benzene rings is 1. The summed E-state index contributed by atoms with van der Waals surface area (Å²) >= 11 is 0. The fourth-order valence-corrected chi connectivity index (χ4v) is 1.71. The summed E-state index contributed by atoms with van der Waals surface area (Å²) in [6, 6.07) is 7.23. The van der Waals surface area contributed by atoms with Crippen LogP contribution in [0.4, 0.5) is 0 Å². The quantitative estimate of drug-likeness (QED) is 0.810. The third-order valence-electron chi connectivity index (χ3n) is 3.40. The number of hydrogen-bond donors (Lipinski definition) is 2. The van der Waals surface area contributed by atoms with Crippen LogP contribution >= 0.6 is 0 Å². The van der Waals surface area contributed by atoms with Crippen molar-refractivity contribution in [1.29, 1.82) is 0 Å². The second-order valence-electron chi connectivity index (χ2n) is 5.35. The predicted molar refractivity (Wildman–Crippen MR) is 74.7 cm³/mol. The third kappa shape index (κ3) is 4.11. The summed E-state index contributed by atoms with van der Waals surface area (Å²) in [6.07, 6.45) is 2.88. The van der Waals surface area contributed by atoms with Gasteiger partial charge in [0.05, 0.1) is 6.61 Å². The summed E-state index contributed by atoms with van der Waals surface area (Å²) in [6.45, 7) is 3.02. The molecule has 3 nitrogen and oxygen atoms in total. The Morgan fingerprint density at radius 2 is 2.05 bits per heavy atom. The first-order chi connectivity index (χ1) is 9.13. The molecule has 0 radical (unpaired) electrons. The van der Waals surface area contributed by atoms with Gasteiger partial charge in [-0.05, 0) is 42.5 Å². The van der Waals surface area contributed by atoms with Gasteiger partial charge in [0.1, 0.15) is 0 Å². The molecule has 3 heteroatoms. The van der Waals surface area contributed by atoms with Crippen molar-refractivity contribution in [3.8, 4) is 11.8 Å². The van der Waals surface area contributed by atoms with Gasteiger partial charge >= 0.3 is 0 Å². The lowest BCUT2D eigenvalue weighted by Gasteiger charge is -2.09. The van der Waals surface area contributed by atoms with Crippen molar-refractivity contribution in [2.45, 2.75) is 26.2 Å². The zero-order chi connectivity index (χ0) is 13.7. The van der Waals surface area contributed by atoms with E-state index in [0.717, 1.165) is 12.1 Å². The van der Waals surface area contributed by atoms with Crippen LogP contribution in [0.1, 0.15) is 42.1 Å². The molecule has 0 heterocycles. The van der Waals surface area contributed by atoms with Crippen molar-refractivity contribution in [1.82, 2.24) is 5.32 Å². The van der Waals surface area contributed by atoms with Gasteiger partial charge in [0, 0.05) is 24.1 Å². The maximum atomic E-state index is 11.9. The highest BCUT2D eigenvalue weighted by Crippen LogP contribution is 2.44. The van der Waals surface area contributed by atoms with Gasteiger partial charge in [0.15, 0.2) is 0 Å². The van der Waals surface area contributed by atoms with Crippen molar-refractivity contribution in [2.24, 2.45) is 5.41 Å². The molecule has 1 aliphatic carbocycles. The van der Waals surface area contributed by atoms with Gasteiger partial charge in [-0.2, -0.15) is 0 Å². The molecule has 0 bridgehead atoms. The maximum absolute atomic E-state index is 11.9. The first kappa shape index (κ1) is 13.6. The molecule has 0 spiro atoms. The van der Waals surface area contributed by atoms with E-state index >= 15 is 0 Å². The second kappa shape index (κ2) is 5.90. The molecule has 0 aliphatic heterocycles. The molecule has 1 saturated carbocycles. The van der Waals surface area contributed by atoms with Crippen LogP contribution in [-0.4, -0.2) is 24.2 Å². The molecule has 2 N–H and O–H groups in total. The van der Waals surface area contributed by atoms with Gasteiger partial charge < -0.3 is 10.4 Å². The molecule has 19 heavy (non-hydrogen) atoms. The summed E-state index contributed by atoms with van der Waals surface area (Å²) < 4.78 is 0. The van der Waals surface area contributed by atoms with Gasteiger partial charge in [0.2, 0.25) is 0 Å². The van der Waals surface area contributed by atoms with Crippen molar-refractivity contribution in [3.63, 3.8) is 0 Å². The van der Waals surface area contributed by atoms with Gasteiger partial charge in [-0.1, -0.05) is 18.8 Å². The molecule has 1 amide bonds. The Hall–Kier alpha value is -1.79. The number of aliphatic hydroxyl groups excluding tert-OH is 1. The Labute approximate surface area is 114 Å². The Morgan fingerprint density at radius 3 is 2.63 bits per heavy atom. The second-order valence-corrected chi connectivity index (χ2v) is 5.35. The van der Waals surface area contributed by atoms with Crippen LogP contribution in [0.25, 0.3) is 0 Å². The molecule has 1 aliphatic rings. The largest absolute Gasteiger partial charge is 0.395 e. The van der Waals surface area contributed by atoms with Crippen LogP contribution in [0, 0.1) is 17.3 Å². The minimum absolute atomic E-state index is 0.0250. The molecule has 1 fully saturated rings. The zero-order valence-electron chi connectivity index (χ0n) is 11.2. The smallest absolute Gasteiger partial charge is 0.251 e. The average Bonchev–Trinajstić information content (AvgIpc) is 3.16. The fourth-order valence-electron chi connectivity index (χ4n) is 1.71. The van der Waals surface area contributed by atoms with Crippen LogP contribution in [0.5, 0.6) is 0 Å². The Kier molecular flexibility index (Phi) is 4.24. The van der Waals surface area contributed by atoms with E-state index in [0.29, 0.717) is 17.4 Å². The molecule has 1 aromatic carbocycles. The molecular formula is C16H19NO2. The third-order valence-corrected chi connectivity index (χ3v) is 3.40. The standard InChI is InChI=1S/C16H19NO2/c1-16(9-10-16)12-17-15(19)14-7-5-13(6-8-14)4-2-3-11-18/h5-8,18H,3,9-12H2,1H3,(H,17,19). The monoisotopic (exact) mass is 257 g/mol. The highest BCUT2D eigenvalue weighted by atomic mass is 16.2. The number of hydrogen-bond acceptors (Lipinski definition) is 2. The van der Waals surface area contributed by atoms with E-state index in [1.165, 1.54) is 12.8 Å². The maximum Gasteiger partial charge on any atom is 0.251 e. The lowest BCUT2D eigenvalue weighted by molar-refractivity contribution is 0.0946. The molecule has 100 valence electrons. The average molecular weight is 257 g/mol. The highest BCUT2D eigenvalue weighted by Gasteiger charge is 2.37. The lowest BCUT2D eigenvalue weighted by Crippen LogP contribution is -2.28. The van der Waals surface area contributed by atoms with Crippen LogP contribution in [0.2, 0.25) is 0 Å². The first-order valence-electron chi connectivity index (χ1n) is 6.61. The number of carbonyl (C=O) groups is 1. The first-order valence-corrected chi connectivity index (χ1v) is 6.61. The minimum Gasteiger partial charge on any atom is -0.395 e. The molecule has 0 saturated heterocycles. The van der Waals surface area contributed by atoms with E-state index in [9.17, 15) is 4.79 Å². The normalized spacial score (nSPS) is 15.3. The summed E-state index contributed by atoms with van der Waals surface area (Å²) in [4.78, 5) is 11.9. The molecule has 2 rings (SSSR count). The van der Waals surface area contributed by atoms with Gasteiger partial charge in [0.25, 0.3) is 5.91 Å². The van der Waals surface area contributed by atoms with Crippen LogP contribution in [0.15, 0.2) is 24.3 Å². The Morgan fingerprint density at radius 1 is 1.37 bits per heavy atom. The van der Waals surface area contributed by atoms with E-state index in [-0.39, 0.29) is 12.5 Å². The minimum atomic E-state index is -0.0250. The van der Waals surface area contributed by atoms with Crippen molar-refractivity contribution in [3.05, 3.63) is 35.4 Å². The van der Waals surface area contributed by atoms with Gasteiger partial charge in [-0.25, -0.2) is 0 Å². The zero-order valence-corrected chi connectivity index (χ0v) is 11.2. The Bertz CT molecular complexity index is 504. The summed E-state index contributed by atoms with van der Waals surface area (Å²) in [7, 11) is 0. The number of amides is 1. The fraction of sp³-hybridized carbons (Fsp3) is 0.438. The summed E-state index contributed by atoms with van der Waals surface area (Å²) in [5, 5.41) is 11.6. The van der Waals surface area contributed by atoms with E-state index in [1.807, 2.05) is 12.1 Å². The van der Waals surface area contributed by atoms with Crippen molar-refractivity contribution in [2.75, 3.05) is 13.2 Å². The van der Waals surface area contributed by atoms with Gasteiger partial charge in [-0.3, -0.25) is 4.79 Å². The lowest BCUT2D eigenvalue weighted by atomic mass is 10.1. The number of aliphatic hydroxyl groups is 1. The topological polar surface area (TPSA) is 49.3 Å². The number of carbonyl (C=O) groups excluding carboxylic acids is 1. The Balaban J connectivity index is 1.90. The van der Waals surface area contributed by atoms with Crippen molar-refractivity contribution < 1.29 is 9.90 Å². The van der Waals surface area contributed by atoms with Crippen LogP contribution in [0.3, 0.4) is 0 Å².